The predicted molar refractivity (Wildman–Crippen MR) is 87.4 cm³/mol. The van der Waals surface area contributed by atoms with E-state index in [4.69, 9.17) is 9.47 Å². The van der Waals surface area contributed by atoms with Gasteiger partial charge in [-0.2, -0.15) is 9.29 Å². The van der Waals surface area contributed by atoms with Crippen molar-refractivity contribution in [3.8, 4) is 11.9 Å². The summed E-state index contributed by atoms with van der Waals surface area (Å²) in [6.45, 7) is 0.652. The average molecular weight is 367 g/mol. The fourth-order valence-corrected chi connectivity index (χ4v) is 4.08. The van der Waals surface area contributed by atoms with Crippen LogP contribution in [0.3, 0.4) is 0 Å². The Morgan fingerprint density at radius 2 is 1.84 bits per heavy atom. The Bertz CT molecular complexity index is 822. The lowest BCUT2D eigenvalue weighted by Gasteiger charge is -2.31. The summed E-state index contributed by atoms with van der Waals surface area (Å²) in [5.41, 5.74) is 0. The number of methoxy groups -OCH3 is 1. The lowest BCUT2D eigenvalue weighted by atomic mass is 10.1. The van der Waals surface area contributed by atoms with E-state index >= 15 is 0 Å². The molecule has 134 valence electrons. The fraction of sp³-hybridized carbons (Fsp3) is 0.375. The molecule has 0 unspecified atom stereocenters. The monoisotopic (exact) mass is 367 g/mol. The highest BCUT2D eigenvalue weighted by molar-refractivity contribution is 7.89. The maximum absolute atomic E-state index is 13.0. The highest BCUT2D eigenvalue weighted by Crippen LogP contribution is 2.23. The SMILES string of the molecule is COc1nccc(OC2CCN(S(=O)(=O)c3ccc(F)cc3)CC2)n1. The fourth-order valence-electron chi connectivity index (χ4n) is 2.61. The third-order valence-electron chi connectivity index (χ3n) is 3.93. The maximum Gasteiger partial charge on any atom is 0.319 e. The quantitative estimate of drug-likeness (QED) is 0.802. The van der Waals surface area contributed by atoms with E-state index in [1.807, 2.05) is 0 Å². The topological polar surface area (TPSA) is 81.6 Å². The van der Waals surface area contributed by atoms with Crippen LogP contribution in [0.25, 0.3) is 0 Å². The first-order chi connectivity index (χ1) is 12.0. The molecule has 3 rings (SSSR count). The van der Waals surface area contributed by atoms with Crippen LogP contribution < -0.4 is 9.47 Å². The zero-order chi connectivity index (χ0) is 17.9. The maximum atomic E-state index is 13.0. The number of piperidine rings is 1. The van der Waals surface area contributed by atoms with Crippen LogP contribution in [0.5, 0.6) is 11.9 Å². The molecule has 25 heavy (non-hydrogen) atoms. The second-order valence-electron chi connectivity index (χ2n) is 5.56. The smallest absolute Gasteiger partial charge is 0.319 e. The molecular formula is C16H18FN3O4S. The molecule has 1 fully saturated rings. The Hall–Kier alpha value is -2.26. The van der Waals surface area contributed by atoms with Crippen LogP contribution in [0.2, 0.25) is 0 Å². The molecule has 7 nitrogen and oxygen atoms in total. The van der Waals surface area contributed by atoms with E-state index in [1.54, 1.807) is 6.07 Å². The van der Waals surface area contributed by atoms with Gasteiger partial charge < -0.3 is 9.47 Å². The van der Waals surface area contributed by atoms with Crippen LogP contribution in [-0.2, 0) is 10.0 Å². The van der Waals surface area contributed by atoms with Crippen LogP contribution in [0, 0.1) is 5.82 Å². The van der Waals surface area contributed by atoms with Gasteiger partial charge in [0, 0.05) is 25.4 Å². The summed E-state index contributed by atoms with van der Waals surface area (Å²) in [6.07, 6.45) is 2.47. The molecule has 0 radical (unpaired) electrons. The number of ether oxygens (including phenoxy) is 2. The lowest BCUT2D eigenvalue weighted by Crippen LogP contribution is -2.41. The molecule has 1 aliphatic heterocycles. The van der Waals surface area contributed by atoms with Gasteiger partial charge in [-0.3, -0.25) is 0 Å². The largest absolute Gasteiger partial charge is 0.474 e. The first-order valence-corrected chi connectivity index (χ1v) is 9.22. The van der Waals surface area contributed by atoms with Crippen molar-refractivity contribution < 1.29 is 22.3 Å². The number of hydrogen-bond acceptors (Lipinski definition) is 6. The van der Waals surface area contributed by atoms with Gasteiger partial charge in [-0.15, -0.1) is 0 Å². The Morgan fingerprint density at radius 3 is 2.48 bits per heavy atom. The first kappa shape index (κ1) is 17.6. The van der Waals surface area contributed by atoms with Crippen molar-refractivity contribution in [1.82, 2.24) is 14.3 Å². The number of halogens is 1. The van der Waals surface area contributed by atoms with Gasteiger partial charge in [0.05, 0.1) is 12.0 Å². The van der Waals surface area contributed by atoms with Crippen molar-refractivity contribution >= 4 is 10.0 Å². The molecular weight excluding hydrogens is 349 g/mol. The van der Waals surface area contributed by atoms with Crippen LogP contribution in [0.4, 0.5) is 4.39 Å². The molecule has 0 atom stereocenters. The van der Waals surface area contributed by atoms with E-state index in [0.29, 0.717) is 31.8 Å². The average Bonchev–Trinajstić information content (AvgIpc) is 2.63. The van der Waals surface area contributed by atoms with E-state index < -0.39 is 15.8 Å². The zero-order valence-electron chi connectivity index (χ0n) is 13.6. The Kier molecular flexibility index (Phi) is 5.14. The molecule has 0 spiro atoms. The van der Waals surface area contributed by atoms with E-state index in [9.17, 15) is 12.8 Å². The standard InChI is InChI=1S/C16H18FN3O4S/c1-23-16-18-9-6-15(19-16)24-13-7-10-20(11-8-13)25(21,22)14-4-2-12(17)3-5-14/h2-6,9,13H,7-8,10-11H2,1H3. The van der Waals surface area contributed by atoms with Crippen LogP contribution >= 0.6 is 0 Å². The van der Waals surface area contributed by atoms with Gasteiger partial charge in [-0.25, -0.2) is 17.8 Å². The summed E-state index contributed by atoms with van der Waals surface area (Å²) in [5, 5.41) is 0. The second kappa shape index (κ2) is 7.32. The molecule has 1 saturated heterocycles. The first-order valence-electron chi connectivity index (χ1n) is 7.78. The van der Waals surface area contributed by atoms with Crippen molar-refractivity contribution in [2.75, 3.05) is 20.2 Å². The zero-order valence-corrected chi connectivity index (χ0v) is 14.4. The van der Waals surface area contributed by atoms with Crippen molar-refractivity contribution in [1.29, 1.82) is 0 Å². The molecule has 2 heterocycles. The highest BCUT2D eigenvalue weighted by atomic mass is 32.2. The van der Waals surface area contributed by atoms with Gasteiger partial charge in [0.25, 0.3) is 0 Å². The molecule has 1 aromatic heterocycles. The summed E-state index contributed by atoms with van der Waals surface area (Å²) < 4.78 is 50.2. The minimum atomic E-state index is -3.62. The van der Waals surface area contributed by atoms with Crippen molar-refractivity contribution in [2.45, 2.75) is 23.8 Å². The lowest BCUT2D eigenvalue weighted by molar-refractivity contribution is 0.128. The van der Waals surface area contributed by atoms with Crippen LogP contribution in [-0.4, -0.2) is 49.0 Å². The number of nitrogens with zero attached hydrogens (tertiary/aromatic N) is 3. The predicted octanol–water partition coefficient (Wildman–Crippen LogP) is 1.86. The molecule has 1 aliphatic rings. The number of rotatable bonds is 5. The number of sulfonamides is 1. The Balaban J connectivity index is 1.62. The summed E-state index contributed by atoms with van der Waals surface area (Å²) >= 11 is 0. The van der Waals surface area contributed by atoms with Crippen LogP contribution in [0.15, 0.2) is 41.4 Å². The molecule has 9 heteroatoms. The van der Waals surface area contributed by atoms with E-state index in [0.717, 1.165) is 12.1 Å². The van der Waals surface area contributed by atoms with Gasteiger partial charge in [0.1, 0.15) is 11.9 Å². The minimum Gasteiger partial charge on any atom is -0.474 e. The Labute approximate surface area is 145 Å². The van der Waals surface area contributed by atoms with Gasteiger partial charge in [0.2, 0.25) is 15.9 Å². The van der Waals surface area contributed by atoms with Crippen molar-refractivity contribution in [3.05, 3.63) is 42.3 Å². The van der Waals surface area contributed by atoms with E-state index in [-0.39, 0.29) is 17.0 Å². The number of hydrogen-bond donors (Lipinski definition) is 0. The van der Waals surface area contributed by atoms with E-state index in [2.05, 4.69) is 9.97 Å². The molecule has 0 saturated carbocycles. The number of benzene rings is 1. The van der Waals surface area contributed by atoms with Gasteiger partial charge in [0.15, 0.2) is 0 Å². The summed E-state index contributed by atoms with van der Waals surface area (Å²) in [6, 6.07) is 6.69. The summed E-state index contributed by atoms with van der Waals surface area (Å²) in [5.74, 6) is -0.0713. The van der Waals surface area contributed by atoms with Gasteiger partial charge in [-0.1, -0.05) is 0 Å². The molecule has 2 aromatic rings. The van der Waals surface area contributed by atoms with E-state index in [1.165, 1.54) is 29.7 Å². The summed E-state index contributed by atoms with van der Waals surface area (Å²) in [4.78, 5) is 8.09. The molecule has 0 aliphatic carbocycles. The molecule has 0 amide bonds. The number of aromatic nitrogens is 2. The van der Waals surface area contributed by atoms with Crippen molar-refractivity contribution in [3.63, 3.8) is 0 Å². The second-order valence-corrected chi connectivity index (χ2v) is 7.49. The van der Waals surface area contributed by atoms with Crippen molar-refractivity contribution in [2.24, 2.45) is 0 Å². The summed E-state index contributed by atoms with van der Waals surface area (Å²) in [7, 11) is -2.15. The third kappa shape index (κ3) is 4.05. The minimum absolute atomic E-state index is 0.0915. The normalized spacial score (nSPS) is 16.6. The molecule has 1 aromatic carbocycles. The highest BCUT2D eigenvalue weighted by Gasteiger charge is 2.30. The Morgan fingerprint density at radius 1 is 1.16 bits per heavy atom. The van der Waals surface area contributed by atoms with Crippen LogP contribution in [0.1, 0.15) is 12.8 Å². The van der Waals surface area contributed by atoms with Gasteiger partial charge >= 0.3 is 6.01 Å². The third-order valence-corrected chi connectivity index (χ3v) is 5.84. The molecule has 0 N–H and O–H groups in total. The molecule has 0 bridgehead atoms. The van der Waals surface area contributed by atoms with Gasteiger partial charge in [-0.05, 0) is 37.1 Å².